The summed E-state index contributed by atoms with van der Waals surface area (Å²) < 4.78 is 16.0. The normalized spacial score (nSPS) is 18.5. The summed E-state index contributed by atoms with van der Waals surface area (Å²) in [4.78, 5) is 18.5. The Morgan fingerprint density at radius 2 is 1.93 bits per heavy atom. The van der Waals surface area contributed by atoms with Crippen LogP contribution in [0.4, 0.5) is 11.6 Å². The lowest BCUT2D eigenvalue weighted by Crippen LogP contribution is -2.43. The van der Waals surface area contributed by atoms with Gasteiger partial charge in [0.2, 0.25) is 11.8 Å². The Balaban J connectivity index is 1.23. The van der Waals surface area contributed by atoms with E-state index in [1.165, 1.54) is 0 Å². The minimum Gasteiger partial charge on any atom is -0.477 e. The lowest BCUT2D eigenvalue weighted by Gasteiger charge is -2.31. The number of pyridine rings is 1. The maximum atomic E-state index is 6.16. The SMILES string of the molecule is CC1CCCOc2c(cnn2C)-c2nccc(n2)Nc2cc3c(cn2)c(-c2nnc(CN4CCN(C)CC4)o2)nn31. The highest BCUT2D eigenvalue weighted by atomic mass is 16.5. The van der Waals surface area contributed by atoms with Gasteiger partial charge in [-0.05, 0) is 32.9 Å². The molecule has 0 amide bonds. The Labute approximate surface area is 236 Å². The number of nitrogens with one attached hydrogen (secondary N) is 1. The zero-order chi connectivity index (χ0) is 27.9. The van der Waals surface area contributed by atoms with E-state index < -0.39 is 0 Å². The molecule has 0 aliphatic carbocycles. The molecule has 14 nitrogen and oxygen atoms in total. The third-order valence-electron chi connectivity index (χ3n) is 7.68. The van der Waals surface area contributed by atoms with Crippen LogP contribution in [0.1, 0.15) is 31.7 Å². The molecular formula is C27H32N12O2. The van der Waals surface area contributed by atoms with E-state index in [1.54, 1.807) is 29.3 Å². The van der Waals surface area contributed by atoms with Crippen LogP contribution in [0.15, 0.2) is 35.1 Å². The van der Waals surface area contributed by atoms with Gasteiger partial charge in [-0.1, -0.05) is 0 Å². The van der Waals surface area contributed by atoms with Crippen molar-refractivity contribution < 1.29 is 9.15 Å². The molecule has 41 heavy (non-hydrogen) atoms. The minimum atomic E-state index is 0.0785. The van der Waals surface area contributed by atoms with Gasteiger partial charge in [0.15, 0.2) is 11.5 Å². The first-order valence-corrected chi connectivity index (χ1v) is 13.9. The minimum absolute atomic E-state index is 0.0785. The average Bonchev–Trinajstić information content (AvgIpc) is 3.69. The van der Waals surface area contributed by atoms with Crippen molar-refractivity contribution in [2.45, 2.75) is 32.4 Å². The molecule has 2 aliphatic heterocycles. The molecule has 1 saturated heterocycles. The molecule has 1 unspecified atom stereocenters. The second-order valence-electron chi connectivity index (χ2n) is 10.7. The van der Waals surface area contributed by atoms with E-state index in [1.807, 2.05) is 17.8 Å². The lowest BCUT2D eigenvalue weighted by molar-refractivity contribution is 0.138. The topological polar surface area (TPSA) is 141 Å². The van der Waals surface area contributed by atoms with Gasteiger partial charge in [0.05, 0.1) is 30.3 Å². The maximum Gasteiger partial charge on any atom is 0.268 e. The van der Waals surface area contributed by atoms with Crippen LogP contribution in [0.3, 0.4) is 0 Å². The van der Waals surface area contributed by atoms with E-state index in [2.05, 4.69) is 54.4 Å². The first-order valence-electron chi connectivity index (χ1n) is 13.9. The molecule has 0 aromatic carbocycles. The third kappa shape index (κ3) is 5.00. The zero-order valence-electron chi connectivity index (χ0n) is 23.4. The van der Waals surface area contributed by atoms with Crippen LogP contribution in [0.25, 0.3) is 33.9 Å². The fourth-order valence-electron chi connectivity index (χ4n) is 5.32. The predicted molar refractivity (Wildman–Crippen MR) is 151 cm³/mol. The van der Waals surface area contributed by atoms with Gasteiger partial charge in [0.1, 0.15) is 17.2 Å². The van der Waals surface area contributed by atoms with Crippen molar-refractivity contribution in [1.82, 2.24) is 54.5 Å². The molecule has 1 atom stereocenters. The van der Waals surface area contributed by atoms with Gasteiger partial charge in [-0.25, -0.2) is 19.6 Å². The number of aromatic nitrogens is 9. The number of hydrogen-bond acceptors (Lipinski definition) is 12. The van der Waals surface area contributed by atoms with Gasteiger partial charge < -0.3 is 19.4 Å². The van der Waals surface area contributed by atoms with Crippen molar-refractivity contribution in [2.75, 3.05) is 45.2 Å². The Kier molecular flexibility index (Phi) is 6.55. The molecule has 1 fully saturated rings. The summed E-state index contributed by atoms with van der Waals surface area (Å²) in [6.45, 7) is 7.30. The summed E-state index contributed by atoms with van der Waals surface area (Å²) in [6.07, 6.45) is 6.89. The summed E-state index contributed by atoms with van der Waals surface area (Å²) in [5.41, 5.74) is 2.29. The first-order chi connectivity index (χ1) is 20.0. The Morgan fingerprint density at radius 3 is 2.80 bits per heavy atom. The number of piperazine rings is 1. The summed E-state index contributed by atoms with van der Waals surface area (Å²) in [6, 6.07) is 3.86. The highest BCUT2D eigenvalue weighted by Crippen LogP contribution is 2.33. The molecular weight excluding hydrogens is 524 g/mol. The molecule has 5 aromatic rings. The largest absolute Gasteiger partial charge is 0.477 e. The molecule has 7 rings (SSSR count). The molecule has 0 spiro atoms. The third-order valence-corrected chi connectivity index (χ3v) is 7.68. The Hall–Kier alpha value is -4.43. The molecule has 0 saturated carbocycles. The van der Waals surface area contributed by atoms with Crippen LogP contribution in [0.5, 0.6) is 5.88 Å². The van der Waals surface area contributed by atoms with Crippen LogP contribution in [-0.2, 0) is 13.6 Å². The van der Waals surface area contributed by atoms with Gasteiger partial charge in [-0.2, -0.15) is 10.2 Å². The lowest BCUT2D eigenvalue weighted by atomic mass is 10.2. The van der Waals surface area contributed by atoms with Gasteiger partial charge in [0, 0.05) is 57.7 Å². The van der Waals surface area contributed by atoms with E-state index >= 15 is 0 Å². The molecule has 5 aromatic heterocycles. The average molecular weight is 557 g/mol. The van der Waals surface area contributed by atoms with E-state index in [0.717, 1.165) is 55.5 Å². The van der Waals surface area contributed by atoms with Gasteiger partial charge in [-0.15, -0.1) is 10.2 Å². The van der Waals surface area contributed by atoms with Crippen molar-refractivity contribution in [3.63, 3.8) is 0 Å². The molecule has 212 valence electrons. The highest BCUT2D eigenvalue weighted by Gasteiger charge is 2.24. The second kappa shape index (κ2) is 10.5. The van der Waals surface area contributed by atoms with Gasteiger partial charge in [0.25, 0.3) is 5.89 Å². The number of anilines is 2. The van der Waals surface area contributed by atoms with Crippen molar-refractivity contribution in [3.05, 3.63) is 36.6 Å². The summed E-state index contributed by atoms with van der Waals surface area (Å²) >= 11 is 0. The first kappa shape index (κ1) is 25.5. The molecule has 14 heteroatoms. The molecule has 2 aliphatic rings. The number of ether oxygens (including phenoxy) is 1. The monoisotopic (exact) mass is 556 g/mol. The van der Waals surface area contributed by atoms with Gasteiger partial charge >= 0.3 is 0 Å². The Bertz CT molecular complexity index is 1680. The summed E-state index contributed by atoms with van der Waals surface area (Å²) in [5, 5.41) is 22.2. The number of fused-ring (bicyclic) bond motifs is 5. The summed E-state index contributed by atoms with van der Waals surface area (Å²) in [7, 11) is 3.99. The van der Waals surface area contributed by atoms with Crippen molar-refractivity contribution in [3.8, 4) is 28.9 Å². The quantitative estimate of drug-likeness (QED) is 0.349. The van der Waals surface area contributed by atoms with Crippen LogP contribution in [0, 0.1) is 0 Å². The number of hydrogen-bond donors (Lipinski definition) is 1. The predicted octanol–water partition coefficient (Wildman–Crippen LogP) is 2.90. The van der Waals surface area contributed by atoms with Crippen molar-refractivity contribution >= 4 is 22.5 Å². The smallest absolute Gasteiger partial charge is 0.268 e. The van der Waals surface area contributed by atoms with Crippen LogP contribution in [-0.4, -0.2) is 94.3 Å². The van der Waals surface area contributed by atoms with Crippen molar-refractivity contribution in [2.24, 2.45) is 7.05 Å². The van der Waals surface area contributed by atoms with E-state index in [-0.39, 0.29) is 6.04 Å². The molecule has 4 bridgehead atoms. The standard InChI is InChI=1S/C27H32N12O2/c1-17-5-4-12-40-27-19(15-30-37(27)3)25-28-7-6-21(32-25)31-22-13-20-18(14-29-22)24(35-39(17)20)26-34-33-23(41-26)16-38-10-8-36(2)9-11-38/h6-7,13-15,17H,4-5,8-12,16H2,1-3H3,(H,28,29,31,32). The fourth-order valence-corrected chi connectivity index (χ4v) is 5.32. The second-order valence-corrected chi connectivity index (χ2v) is 10.7. The number of rotatable bonds is 3. The van der Waals surface area contributed by atoms with Crippen LogP contribution >= 0.6 is 0 Å². The summed E-state index contributed by atoms with van der Waals surface area (Å²) in [5.74, 6) is 3.40. The molecule has 1 N–H and O–H groups in total. The Morgan fingerprint density at radius 1 is 1.05 bits per heavy atom. The van der Waals surface area contributed by atoms with E-state index in [4.69, 9.17) is 19.2 Å². The van der Waals surface area contributed by atoms with Crippen LogP contribution < -0.4 is 10.1 Å². The maximum absolute atomic E-state index is 6.16. The molecule has 7 heterocycles. The zero-order valence-corrected chi connectivity index (χ0v) is 23.4. The number of aryl methyl sites for hydroxylation is 1. The number of nitrogens with zero attached hydrogens (tertiary/aromatic N) is 11. The van der Waals surface area contributed by atoms with Crippen LogP contribution in [0.2, 0.25) is 0 Å². The van der Waals surface area contributed by atoms with E-state index in [9.17, 15) is 0 Å². The number of likely N-dealkylation sites (N-methyl/N-ethyl adjacent to an activating group) is 1. The highest BCUT2D eigenvalue weighted by molar-refractivity contribution is 5.92. The van der Waals surface area contributed by atoms with Crippen molar-refractivity contribution in [1.29, 1.82) is 0 Å². The van der Waals surface area contributed by atoms with Gasteiger partial charge in [-0.3, -0.25) is 9.58 Å². The van der Waals surface area contributed by atoms with E-state index in [0.29, 0.717) is 54.0 Å². The molecule has 0 radical (unpaired) electrons. The fraction of sp³-hybridized carbons (Fsp3) is 0.444.